The Kier molecular flexibility index (Phi) is 4.45. The number of nitrogens with zero attached hydrogens (tertiary/aromatic N) is 3. The lowest BCUT2D eigenvalue weighted by Crippen LogP contribution is -2.43. The molecule has 1 aromatic rings. The summed E-state index contributed by atoms with van der Waals surface area (Å²) in [6.07, 6.45) is 1.56. The number of aromatic nitrogens is 1. The summed E-state index contributed by atoms with van der Waals surface area (Å²) in [5, 5.41) is 13.7. The van der Waals surface area contributed by atoms with Crippen molar-refractivity contribution in [3.8, 4) is 0 Å². The van der Waals surface area contributed by atoms with Crippen LogP contribution in [0.4, 0.5) is 11.5 Å². The molecule has 1 N–H and O–H groups in total. The van der Waals surface area contributed by atoms with E-state index in [9.17, 15) is 10.1 Å². The third-order valence-electron chi connectivity index (χ3n) is 2.40. The molecule has 0 unspecified atom stereocenters. The van der Waals surface area contributed by atoms with Crippen LogP contribution in [0.15, 0.2) is 18.3 Å². The van der Waals surface area contributed by atoms with E-state index in [4.69, 9.17) is 0 Å². The Morgan fingerprint density at radius 2 is 2.06 bits per heavy atom. The fourth-order valence-electron chi connectivity index (χ4n) is 1.60. The number of rotatable bonds is 2. The third-order valence-corrected chi connectivity index (χ3v) is 2.40. The monoisotopic (exact) mass is 244 g/mol. The lowest BCUT2D eigenvalue weighted by Gasteiger charge is -2.28. The lowest BCUT2D eigenvalue weighted by molar-refractivity contribution is -0.389. The Bertz CT molecular complexity index is 351. The molecule has 16 heavy (non-hydrogen) atoms. The maximum Gasteiger partial charge on any atom is 0.363 e. The van der Waals surface area contributed by atoms with Crippen LogP contribution < -0.4 is 10.2 Å². The molecular formula is C9H13ClN4O2. The summed E-state index contributed by atoms with van der Waals surface area (Å²) in [6.45, 7) is 3.72. The van der Waals surface area contributed by atoms with Gasteiger partial charge in [-0.1, -0.05) is 0 Å². The van der Waals surface area contributed by atoms with Crippen molar-refractivity contribution in [1.29, 1.82) is 0 Å². The summed E-state index contributed by atoms with van der Waals surface area (Å²) >= 11 is 0. The van der Waals surface area contributed by atoms with Gasteiger partial charge in [-0.05, 0) is 16.0 Å². The van der Waals surface area contributed by atoms with E-state index in [2.05, 4.69) is 15.2 Å². The number of nitrogens with one attached hydrogen (secondary N) is 1. The number of hydrogen-bond donors (Lipinski definition) is 1. The van der Waals surface area contributed by atoms with E-state index >= 15 is 0 Å². The van der Waals surface area contributed by atoms with Crippen LogP contribution in [-0.4, -0.2) is 36.1 Å². The molecule has 6 nitrogen and oxygen atoms in total. The first-order valence-electron chi connectivity index (χ1n) is 4.83. The van der Waals surface area contributed by atoms with Gasteiger partial charge < -0.3 is 20.3 Å². The highest BCUT2D eigenvalue weighted by Crippen LogP contribution is 2.16. The topological polar surface area (TPSA) is 71.3 Å². The van der Waals surface area contributed by atoms with Gasteiger partial charge in [0.05, 0.1) is 5.69 Å². The molecule has 0 spiro atoms. The molecule has 0 aliphatic carbocycles. The lowest BCUT2D eigenvalue weighted by atomic mass is 10.3. The Morgan fingerprint density at radius 1 is 1.38 bits per heavy atom. The van der Waals surface area contributed by atoms with Gasteiger partial charge in [0, 0.05) is 32.2 Å². The number of halogens is 1. The first-order valence-corrected chi connectivity index (χ1v) is 4.83. The molecule has 0 bridgehead atoms. The summed E-state index contributed by atoms with van der Waals surface area (Å²) in [4.78, 5) is 15.9. The maximum absolute atomic E-state index is 10.4. The molecule has 0 atom stereocenters. The normalized spacial score (nSPS) is 15.4. The van der Waals surface area contributed by atoms with Gasteiger partial charge in [-0.25, -0.2) is 0 Å². The number of hydrogen-bond acceptors (Lipinski definition) is 5. The van der Waals surface area contributed by atoms with E-state index in [1.165, 1.54) is 6.07 Å². The van der Waals surface area contributed by atoms with Crippen LogP contribution in [0.3, 0.4) is 0 Å². The number of piperazine rings is 1. The Hall–Kier alpha value is -1.40. The van der Waals surface area contributed by atoms with Gasteiger partial charge in [0.15, 0.2) is 6.20 Å². The van der Waals surface area contributed by atoms with Crippen LogP contribution in [0, 0.1) is 10.1 Å². The highest BCUT2D eigenvalue weighted by atomic mass is 35.5. The van der Waals surface area contributed by atoms with Crippen molar-refractivity contribution >= 4 is 23.9 Å². The average molecular weight is 245 g/mol. The predicted molar refractivity (Wildman–Crippen MR) is 63.2 cm³/mol. The van der Waals surface area contributed by atoms with Crippen LogP contribution >= 0.6 is 12.4 Å². The van der Waals surface area contributed by atoms with Crippen molar-refractivity contribution in [2.75, 3.05) is 31.1 Å². The summed E-state index contributed by atoms with van der Waals surface area (Å²) < 4.78 is 0. The van der Waals surface area contributed by atoms with Crippen molar-refractivity contribution in [1.82, 2.24) is 10.3 Å². The van der Waals surface area contributed by atoms with Crippen molar-refractivity contribution in [3.05, 3.63) is 28.4 Å². The molecule has 0 radical (unpaired) electrons. The van der Waals surface area contributed by atoms with Gasteiger partial charge in [-0.2, -0.15) is 0 Å². The maximum atomic E-state index is 10.4. The summed E-state index contributed by atoms with van der Waals surface area (Å²) in [5.74, 6) is -0.103. The molecule has 7 heteroatoms. The van der Waals surface area contributed by atoms with Crippen molar-refractivity contribution < 1.29 is 4.92 Å². The fraction of sp³-hybridized carbons (Fsp3) is 0.444. The van der Waals surface area contributed by atoms with Gasteiger partial charge in [-0.15, -0.1) is 12.4 Å². The zero-order valence-electron chi connectivity index (χ0n) is 8.63. The zero-order chi connectivity index (χ0) is 10.7. The van der Waals surface area contributed by atoms with Gasteiger partial charge in [0.2, 0.25) is 0 Å². The minimum Gasteiger partial charge on any atom is -0.366 e. The molecule has 2 rings (SSSR count). The van der Waals surface area contributed by atoms with E-state index in [0.717, 1.165) is 31.9 Å². The summed E-state index contributed by atoms with van der Waals surface area (Å²) in [7, 11) is 0. The molecule has 1 aliphatic heterocycles. The smallest absolute Gasteiger partial charge is 0.363 e. The first-order chi connectivity index (χ1) is 7.27. The minimum atomic E-state index is -0.485. The molecule has 2 heterocycles. The Balaban J connectivity index is 0.00000128. The molecule has 88 valence electrons. The number of pyridine rings is 1. The molecule has 0 aromatic carbocycles. The molecule has 1 aromatic heterocycles. The van der Waals surface area contributed by atoms with Crippen LogP contribution in [0.25, 0.3) is 0 Å². The second-order valence-electron chi connectivity index (χ2n) is 3.37. The minimum absolute atomic E-state index is 0. The van der Waals surface area contributed by atoms with E-state index in [-0.39, 0.29) is 18.2 Å². The standard InChI is InChI=1S/C9H12N4O2.ClH/c14-13(15)9-2-1-8(7-11-9)12-5-3-10-4-6-12;/h1-2,7,10H,3-6H2;1H. The third kappa shape index (κ3) is 2.80. The largest absolute Gasteiger partial charge is 0.366 e. The Morgan fingerprint density at radius 3 is 2.56 bits per heavy atom. The molecule has 1 aliphatic rings. The summed E-state index contributed by atoms with van der Waals surface area (Å²) in [5.41, 5.74) is 0.946. The SMILES string of the molecule is Cl.O=[N+]([O-])c1ccc(N2CCNCC2)cn1. The Labute approximate surface area is 99.2 Å². The highest BCUT2D eigenvalue weighted by molar-refractivity contribution is 5.85. The molecule has 0 saturated carbocycles. The second kappa shape index (κ2) is 5.62. The van der Waals surface area contributed by atoms with Crippen LogP contribution in [-0.2, 0) is 0 Å². The van der Waals surface area contributed by atoms with Gasteiger partial charge in [0.25, 0.3) is 0 Å². The molecule has 1 fully saturated rings. The van der Waals surface area contributed by atoms with Crippen LogP contribution in [0.2, 0.25) is 0 Å². The van der Waals surface area contributed by atoms with Crippen LogP contribution in [0.5, 0.6) is 0 Å². The van der Waals surface area contributed by atoms with Gasteiger partial charge >= 0.3 is 5.82 Å². The van der Waals surface area contributed by atoms with Gasteiger partial charge in [0.1, 0.15) is 0 Å². The second-order valence-corrected chi connectivity index (χ2v) is 3.37. The van der Waals surface area contributed by atoms with Crippen molar-refractivity contribution in [2.45, 2.75) is 0 Å². The van der Waals surface area contributed by atoms with Crippen molar-refractivity contribution in [2.24, 2.45) is 0 Å². The number of nitro groups is 1. The first kappa shape index (κ1) is 12.7. The predicted octanol–water partition coefficient (Wildman–Crippen LogP) is 0.821. The van der Waals surface area contributed by atoms with E-state index < -0.39 is 4.92 Å². The highest BCUT2D eigenvalue weighted by Gasteiger charge is 2.13. The average Bonchev–Trinajstić information content (AvgIpc) is 2.30. The van der Waals surface area contributed by atoms with E-state index in [1.54, 1.807) is 12.3 Å². The van der Waals surface area contributed by atoms with Crippen LogP contribution in [0.1, 0.15) is 0 Å². The molecular weight excluding hydrogens is 232 g/mol. The quantitative estimate of drug-likeness (QED) is 0.616. The fourth-order valence-corrected chi connectivity index (χ4v) is 1.60. The summed E-state index contributed by atoms with van der Waals surface area (Å²) in [6, 6.07) is 3.19. The molecule has 1 saturated heterocycles. The van der Waals surface area contributed by atoms with E-state index in [1.807, 2.05) is 0 Å². The molecule has 0 amide bonds. The number of anilines is 1. The van der Waals surface area contributed by atoms with Crippen molar-refractivity contribution in [3.63, 3.8) is 0 Å². The van der Waals surface area contributed by atoms with Gasteiger partial charge in [-0.3, -0.25) is 0 Å². The zero-order valence-corrected chi connectivity index (χ0v) is 9.44. The van der Waals surface area contributed by atoms with E-state index in [0.29, 0.717) is 0 Å².